The highest BCUT2D eigenvalue weighted by Gasteiger charge is 2.34. The zero-order valence-corrected chi connectivity index (χ0v) is 12.4. The van der Waals surface area contributed by atoms with Gasteiger partial charge in [-0.3, -0.25) is 4.79 Å². The molecule has 20 heavy (non-hydrogen) atoms. The number of hydrogen-bond acceptors (Lipinski definition) is 2. The number of anilines is 1. The molecule has 1 aliphatic rings. The Morgan fingerprint density at radius 1 is 1.30 bits per heavy atom. The summed E-state index contributed by atoms with van der Waals surface area (Å²) in [5.74, 6) is -0.597. The molecule has 2 unspecified atom stereocenters. The van der Waals surface area contributed by atoms with Crippen molar-refractivity contribution in [2.24, 2.45) is 11.8 Å². The van der Waals surface area contributed by atoms with Gasteiger partial charge >= 0.3 is 5.97 Å². The van der Waals surface area contributed by atoms with Gasteiger partial charge in [-0.05, 0) is 29.9 Å². The largest absolute Gasteiger partial charge is 0.481 e. The number of carboxylic acid groups (broad SMARTS) is 1. The molecule has 0 saturated heterocycles. The van der Waals surface area contributed by atoms with E-state index in [4.69, 9.17) is 5.73 Å². The molecular formula is C17H25NO2. The van der Waals surface area contributed by atoms with Gasteiger partial charge in [-0.15, -0.1) is 0 Å². The Morgan fingerprint density at radius 3 is 2.55 bits per heavy atom. The lowest BCUT2D eigenvalue weighted by molar-refractivity contribution is -0.140. The SMILES string of the molecule is Cc1cccc(C(C(=O)O)C(C)C2CCCCC2)c1N. The molecule has 1 aromatic rings. The molecule has 1 fully saturated rings. The second-order valence-corrected chi connectivity index (χ2v) is 6.15. The number of rotatable bonds is 4. The lowest BCUT2D eigenvalue weighted by Crippen LogP contribution is -2.28. The van der Waals surface area contributed by atoms with Crippen molar-refractivity contribution in [3.05, 3.63) is 29.3 Å². The molecule has 1 aromatic carbocycles. The van der Waals surface area contributed by atoms with Crippen LogP contribution in [0.15, 0.2) is 18.2 Å². The van der Waals surface area contributed by atoms with Gasteiger partial charge in [0.05, 0.1) is 5.92 Å². The maximum absolute atomic E-state index is 11.8. The third-order valence-electron chi connectivity index (χ3n) is 4.88. The first-order chi connectivity index (χ1) is 9.52. The molecule has 2 atom stereocenters. The molecule has 3 nitrogen and oxygen atoms in total. The molecule has 1 saturated carbocycles. The Balaban J connectivity index is 2.30. The molecule has 3 heteroatoms. The predicted octanol–water partition coefficient (Wildman–Crippen LogP) is 3.96. The molecule has 110 valence electrons. The van der Waals surface area contributed by atoms with Gasteiger partial charge in [-0.1, -0.05) is 57.2 Å². The number of carbonyl (C=O) groups is 1. The van der Waals surface area contributed by atoms with Gasteiger partial charge in [0.15, 0.2) is 0 Å². The molecular weight excluding hydrogens is 250 g/mol. The van der Waals surface area contributed by atoms with Gasteiger partial charge in [-0.25, -0.2) is 0 Å². The fraction of sp³-hybridized carbons (Fsp3) is 0.588. The maximum Gasteiger partial charge on any atom is 0.311 e. The average Bonchev–Trinajstić information content (AvgIpc) is 2.44. The topological polar surface area (TPSA) is 63.3 Å². The van der Waals surface area contributed by atoms with Gasteiger partial charge in [-0.2, -0.15) is 0 Å². The number of carboxylic acids is 1. The van der Waals surface area contributed by atoms with Crippen molar-refractivity contribution in [1.82, 2.24) is 0 Å². The fourth-order valence-electron chi connectivity index (χ4n) is 3.55. The summed E-state index contributed by atoms with van der Waals surface area (Å²) in [6.07, 6.45) is 6.04. The fourth-order valence-corrected chi connectivity index (χ4v) is 3.55. The van der Waals surface area contributed by atoms with E-state index in [1.807, 2.05) is 25.1 Å². The standard InChI is InChI=1S/C17H25NO2/c1-11-7-6-10-14(16(11)18)15(17(19)20)12(2)13-8-4-3-5-9-13/h6-7,10,12-13,15H,3-5,8-9,18H2,1-2H3,(H,19,20). The third kappa shape index (κ3) is 2.97. The van der Waals surface area contributed by atoms with Crippen LogP contribution < -0.4 is 5.73 Å². The summed E-state index contributed by atoms with van der Waals surface area (Å²) in [4.78, 5) is 11.8. The predicted molar refractivity (Wildman–Crippen MR) is 81.7 cm³/mol. The minimum Gasteiger partial charge on any atom is -0.481 e. The van der Waals surface area contributed by atoms with E-state index in [0.717, 1.165) is 24.0 Å². The van der Waals surface area contributed by atoms with E-state index in [2.05, 4.69) is 6.92 Å². The van der Waals surface area contributed by atoms with E-state index in [9.17, 15) is 9.90 Å². The van der Waals surface area contributed by atoms with Gasteiger partial charge < -0.3 is 10.8 Å². The first-order valence-corrected chi connectivity index (χ1v) is 7.60. The highest BCUT2D eigenvalue weighted by Crippen LogP contribution is 2.40. The minimum atomic E-state index is -0.750. The summed E-state index contributed by atoms with van der Waals surface area (Å²) >= 11 is 0. The number of para-hydroxylation sites is 1. The number of hydrogen-bond donors (Lipinski definition) is 2. The second kappa shape index (κ2) is 6.29. The molecule has 2 rings (SSSR count). The molecule has 0 amide bonds. The zero-order chi connectivity index (χ0) is 14.7. The maximum atomic E-state index is 11.8. The molecule has 0 aromatic heterocycles. The first kappa shape index (κ1) is 14.9. The van der Waals surface area contributed by atoms with Crippen molar-refractivity contribution in [3.63, 3.8) is 0 Å². The van der Waals surface area contributed by atoms with E-state index >= 15 is 0 Å². The number of benzene rings is 1. The van der Waals surface area contributed by atoms with Crippen LogP contribution in [0.4, 0.5) is 5.69 Å². The van der Waals surface area contributed by atoms with Crippen LogP contribution in [0.1, 0.15) is 56.1 Å². The van der Waals surface area contributed by atoms with E-state index in [1.165, 1.54) is 19.3 Å². The molecule has 0 spiro atoms. The van der Waals surface area contributed by atoms with Crippen molar-refractivity contribution >= 4 is 11.7 Å². The third-order valence-corrected chi connectivity index (χ3v) is 4.88. The highest BCUT2D eigenvalue weighted by molar-refractivity contribution is 5.79. The number of aliphatic carboxylic acids is 1. The normalized spacial score (nSPS) is 19.5. The van der Waals surface area contributed by atoms with Crippen molar-refractivity contribution < 1.29 is 9.90 Å². The summed E-state index contributed by atoms with van der Waals surface area (Å²) in [6, 6.07) is 5.72. The van der Waals surface area contributed by atoms with Gasteiger partial charge in [0.2, 0.25) is 0 Å². The highest BCUT2D eigenvalue weighted by atomic mass is 16.4. The van der Waals surface area contributed by atoms with Crippen LogP contribution in [0.2, 0.25) is 0 Å². The van der Waals surface area contributed by atoms with Crippen molar-refractivity contribution in [3.8, 4) is 0 Å². The number of nitrogens with two attached hydrogens (primary N) is 1. The Hall–Kier alpha value is -1.51. The smallest absolute Gasteiger partial charge is 0.311 e. The van der Waals surface area contributed by atoms with Crippen LogP contribution in [0.3, 0.4) is 0 Å². The quantitative estimate of drug-likeness (QED) is 0.817. The Kier molecular flexibility index (Phi) is 4.69. The molecule has 1 aliphatic carbocycles. The van der Waals surface area contributed by atoms with Crippen molar-refractivity contribution in [2.45, 2.75) is 51.9 Å². The lowest BCUT2D eigenvalue weighted by atomic mass is 9.72. The van der Waals surface area contributed by atoms with Crippen molar-refractivity contribution in [2.75, 3.05) is 5.73 Å². The van der Waals surface area contributed by atoms with E-state index < -0.39 is 11.9 Å². The molecule has 3 N–H and O–H groups in total. The number of aryl methyl sites for hydroxylation is 1. The Labute approximate surface area is 121 Å². The van der Waals surface area contributed by atoms with Crippen LogP contribution in [-0.4, -0.2) is 11.1 Å². The summed E-state index contributed by atoms with van der Waals surface area (Å²) < 4.78 is 0. The average molecular weight is 275 g/mol. The van der Waals surface area contributed by atoms with Gasteiger partial charge in [0.25, 0.3) is 0 Å². The van der Waals surface area contributed by atoms with Crippen molar-refractivity contribution in [1.29, 1.82) is 0 Å². The van der Waals surface area contributed by atoms with Gasteiger partial charge in [0, 0.05) is 5.69 Å². The van der Waals surface area contributed by atoms with Crippen LogP contribution >= 0.6 is 0 Å². The van der Waals surface area contributed by atoms with Crippen LogP contribution in [0.25, 0.3) is 0 Å². The molecule has 0 radical (unpaired) electrons. The molecule has 0 heterocycles. The monoisotopic (exact) mass is 275 g/mol. The van der Waals surface area contributed by atoms with E-state index in [1.54, 1.807) is 0 Å². The lowest BCUT2D eigenvalue weighted by Gasteiger charge is -2.32. The summed E-state index contributed by atoms with van der Waals surface area (Å²) in [7, 11) is 0. The van der Waals surface area contributed by atoms with Crippen LogP contribution in [0, 0.1) is 18.8 Å². The van der Waals surface area contributed by atoms with Gasteiger partial charge in [0.1, 0.15) is 0 Å². The zero-order valence-electron chi connectivity index (χ0n) is 12.4. The molecule has 0 aliphatic heterocycles. The first-order valence-electron chi connectivity index (χ1n) is 7.60. The van der Waals surface area contributed by atoms with Crippen LogP contribution in [0.5, 0.6) is 0 Å². The molecule has 0 bridgehead atoms. The van der Waals surface area contributed by atoms with E-state index in [0.29, 0.717) is 11.6 Å². The minimum absolute atomic E-state index is 0.136. The van der Waals surface area contributed by atoms with Crippen LogP contribution in [-0.2, 0) is 4.79 Å². The Bertz CT molecular complexity index is 478. The summed E-state index contributed by atoms with van der Waals surface area (Å²) in [6.45, 7) is 4.01. The summed E-state index contributed by atoms with van der Waals surface area (Å²) in [5.41, 5.74) is 8.52. The Morgan fingerprint density at radius 2 is 1.95 bits per heavy atom. The number of nitrogen functional groups attached to an aromatic ring is 1. The second-order valence-electron chi connectivity index (χ2n) is 6.15. The summed E-state index contributed by atoms with van der Waals surface area (Å²) in [5, 5.41) is 9.69. The van der Waals surface area contributed by atoms with E-state index in [-0.39, 0.29) is 5.92 Å².